The van der Waals surface area contributed by atoms with E-state index in [0.717, 1.165) is 5.39 Å². The van der Waals surface area contributed by atoms with Crippen LogP contribution in [-0.2, 0) is 11.8 Å². The Morgan fingerprint density at radius 3 is 2.76 bits per heavy atom. The molecule has 1 aliphatic rings. The Balaban J connectivity index is 2.17. The second-order valence-corrected chi connectivity index (χ2v) is 4.86. The minimum absolute atomic E-state index is 0.144. The molecular weight excluding hydrogens is 274 g/mol. The van der Waals surface area contributed by atoms with Crippen LogP contribution in [0.2, 0.25) is 0 Å². The summed E-state index contributed by atoms with van der Waals surface area (Å²) in [5.41, 5.74) is 1.39. The summed E-state index contributed by atoms with van der Waals surface area (Å²) >= 11 is 0. The molecule has 0 unspecified atom stereocenters. The fraction of sp³-hybridized carbons (Fsp3) is 0.214. The average molecular weight is 287 g/mol. The highest BCUT2D eigenvalue weighted by Crippen LogP contribution is 2.30. The van der Waals surface area contributed by atoms with E-state index >= 15 is 0 Å². The number of aromatic carboxylic acids is 1. The standard InChI is InChI=1S/C14H13N3O4/c1-16-10(13(19)20)7-8-3-2-4-9(12(8)16)17-6-5-11(18)15-14(17)21/h2-4,7H,5-6H2,1H3,(H,19,20)(H,15,18,21). The molecule has 0 saturated carbocycles. The van der Waals surface area contributed by atoms with Crippen molar-refractivity contribution < 1.29 is 19.5 Å². The number of carbonyl (C=O) groups is 3. The van der Waals surface area contributed by atoms with Gasteiger partial charge in [0, 0.05) is 25.4 Å². The first-order valence-corrected chi connectivity index (χ1v) is 6.42. The van der Waals surface area contributed by atoms with Crippen molar-refractivity contribution in [3.8, 4) is 0 Å². The number of anilines is 1. The molecule has 0 radical (unpaired) electrons. The van der Waals surface area contributed by atoms with Gasteiger partial charge < -0.3 is 9.67 Å². The molecule has 2 N–H and O–H groups in total. The molecule has 108 valence electrons. The maximum Gasteiger partial charge on any atom is 0.352 e. The number of urea groups is 1. The monoisotopic (exact) mass is 287 g/mol. The van der Waals surface area contributed by atoms with Crippen LogP contribution in [0, 0.1) is 0 Å². The van der Waals surface area contributed by atoms with E-state index in [1.165, 1.54) is 9.47 Å². The second kappa shape index (κ2) is 4.62. The van der Waals surface area contributed by atoms with Gasteiger partial charge in [-0.1, -0.05) is 12.1 Å². The molecule has 1 saturated heterocycles. The van der Waals surface area contributed by atoms with Gasteiger partial charge in [0.15, 0.2) is 0 Å². The molecule has 3 amide bonds. The summed E-state index contributed by atoms with van der Waals surface area (Å²) in [6, 6.07) is 6.36. The van der Waals surface area contributed by atoms with E-state index in [9.17, 15) is 19.5 Å². The van der Waals surface area contributed by atoms with Crippen molar-refractivity contribution in [2.24, 2.45) is 7.05 Å². The lowest BCUT2D eigenvalue weighted by atomic mass is 10.2. The van der Waals surface area contributed by atoms with Gasteiger partial charge in [0.25, 0.3) is 0 Å². The lowest BCUT2D eigenvalue weighted by Gasteiger charge is -2.27. The predicted octanol–water partition coefficient (Wildman–Crippen LogP) is 1.32. The van der Waals surface area contributed by atoms with Gasteiger partial charge in [-0.25, -0.2) is 9.59 Å². The van der Waals surface area contributed by atoms with Crippen LogP contribution in [0.25, 0.3) is 10.9 Å². The molecule has 21 heavy (non-hydrogen) atoms. The topological polar surface area (TPSA) is 91.6 Å². The van der Waals surface area contributed by atoms with Crippen LogP contribution in [0.4, 0.5) is 10.5 Å². The van der Waals surface area contributed by atoms with Crippen molar-refractivity contribution in [3.63, 3.8) is 0 Å². The smallest absolute Gasteiger partial charge is 0.352 e. The lowest BCUT2D eigenvalue weighted by Crippen LogP contribution is -2.49. The maximum atomic E-state index is 12.0. The molecule has 7 nitrogen and oxygen atoms in total. The van der Waals surface area contributed by atoms with Crippen molar-refractivity contribution in [1.82, 2.24) is 9.88 Å². The molecule has 7 heteroatoms. The van der Waals surface area contributed by atoms with Crippen molar-refractivity contribution in [1.29, 1.82) is 0 Å². The zero-order valence-corrected chi connectivity index (χ0v) is 11.3. The SMILES string of the molecule is Cn1c(C(=O)O)cc2cccc(N3CCC(=O)NC3=O)c21. The quantitative estimate of drug-likeness (QED) is 0.871. The van der Waals surface area contributed by atoms with E-state index in [0.29, 0.717) is 11.2 Å². The number of carboxylic acids is 1. The number of amides is 3. The Bertz CT molecular complexity index is 778. The van der Waals surface area contributed by atoms with E-state index in [1.807, 2.05) is 0 Å². The third-order valence-electron chi connectivity index (χ3n) is 3.60. The van der Waals surface area contributed by atoms with Gasteiger partial charge in [0.1, 0.15) is 5.69 Å². The first-order valence-electron chi connectivity index (χ1n) is 6.42. The first-order chi connectivity index (χ1) is 9.99. The number of hydrogen-bond donors (Lipinski definition) is 2. The van der Waals surface area contributed by atoms with Crippen LogP contribution in [0.3, 0.4) is 0 Å². The number of aryl methyl sites for hydroxylation is 1. The number of rotatable bonds is 2. The summed E-state index contributed by atoms with van der Waals surface area (Å²) in [5, 5.41) is 12.2. The van der Waals surface area contributed by atoms with E-state index in [-0.39, 0.29) is 24.6 Å². The number of aromatic nitrogens is 1. The predicted molar refractivity (Wildman–Crippen MR) is 75.4 cm³/mol. The van der Waals surface area contributed by atoms with Gasteiger partial charge >= 0.3 is 12.0 Å². The highest BCUT2D eigenvalue weighted by Gasteiger charge is 2.27. The van der Waals surface area contributed by atoms with Gasteiger partial charge in [0.2, 0.25) is 5.91 Å². The van der Waals surface area contributed by atoms with Crippen molar-refractivity contribution in [2.75, 3.05) is 11.4 Å². The van der Waals surface area contributed by atoms with E-state index in [1.54, 1.807) is 31.3 Å². The number of imide groups is 1. The molecule has 2 heterocycles. The molecule has 0 aliphatic carbocycles. The number of nitrogens with zero attached hydrogens (tertiary/aromatic N) is 2. The van der Waals surface area contributed by atoms with Crippen LogP contribution in [0.5, 0.6) is 0 Å². The summed E-state index contributed by atoms with van der Waals surface area (Å²) in [7, 11) is 1.64. The zero-order valence-electron chi connectivity index (χ0n) is 11.3. The van der Waals surface area contributed by atoms with Gasteiger partial charge in [-0.2, -0.15) is 0 Å². The zero-order chi connectivity index (χ0) is 15.1. The van der Waals surface area contributed by atoms with Crippen LogP contribution in [0.15, 0.2) is 24.3 Å². The van der Waals surface area contributed by atoms with Crippen LogP contribution in [-0.4, -0.2) is 34.1 Å². The molecule has 2 aromatic rings. The number of para-hydroxylation sites is 1. The van der Waals surface area contributed by atoms with Crippen LogP contribution >= 0.6 is 0 Å². The van der Waals surface area contributed by atoms with E-state index < -0.39 is 12.0 Å². The number of carbonyl (C=O) groups excluding carboxylic acids is 2. The fourth-order valence-corrected chi connectivity index (χ4v) is 2.61. The molecular formula is C14H13N3O4. The fourth-order valence-electron chi connectivity index (χ4n) is 2.61. The van der Waals surface area contributed by atoms with Crippen LogP contribution in [0.1, 0.15) is 16.9 Å². The summed E-state index contributed by atoms with van der Waals surface area (Å²) in [4.78, 5) is 35.9. The molecule has 1 aromatic carbocycles. The molecule has 0 atom stereocenters. The lowest BCUT2D eigenvalue weighted by molar-refractivity contribution is -0.120. The normalized spacial score (nSPS) is 15.4. The summed E-state index contributed by atoms with van der Waals surface area (Å²) in [6.07, 6.45) is 0.221. The summed E-state index contributed by atoms with van der Waals surface area (Å²) < 4.78 is 1.54. The molecule has 3 rings (SSSR count). The molecule has 1 aromatic heterocycles. The summed E-state index contributed by atoms with van der Waals surface area (Å²) in [6.45, 7) is 0.275. The summed E-state index contributed by atoms with van der Waals surface area (Å²) in [5.74, 6) is -1.33. The Morgan fingerprint density at radius 2 is 2.10 bits per heavy atom. The molecule has 1 aliphatic heterocycles. The Labute approximate surface area is 119 Å². The van der Waals surface area contributed by atoms with Crippen molar-refractivity contribution in [2.45, 2.75) is 6.42 Å². The highest BCUT2D eigenvalue weighted by atomic mass is 16.4. The number of nitrogens with one attached hydrogen (secondary N) is 1. The minimum Gasteiger partial charge on any atom is -0.477 e. The van der Waals surface area contributed by atoms with Gasteiger partial charge in [-0.15, -0.1) is 0 Å². The van der Waals surface area contributed by atoms with E-state index in [4.69, 9.17) is 0 Å². The van der Waals surface area contributed by atoms with Crippen molar-refractivity contribution in [3.05, 3.63) is 30.0 Å². The average Bonchev–Trinajstić information content (AvgIpc) is 2.77. The highest BCUT2D eigenvalue weighted by molar-refractivity contribution is 6.10. The maximum absolute atomic E-state index is 12.0. The number of carboxylic acid groups (broad SMARTS) is 1. The largest absolute Gasteiger partial charge is 0.477 e. The second-order valence-electron chi connectivity index (χ2n) is 4.86. The molecule has 1 fully saturated rings. The van der Waals surface area contributed by atoms with Gasteiger partial charge in [-0.05, 0) is 12.1 Å². The number of benzene rings is 1. The minimum atomic E-state index is -1.03. The third-order valence-corrected chi connectivity index (χ3v) is 3.60. The van der Waals surface area contributed by atoms with Gasteiger partial charge in [0.05, 0.1) is 11.2 Å². The first kappa shape index (κ1) is 13.2. The molecule has 0 bridgehead atoms. The Hall–Kier alpha value is -2.83. The van der Waals surface area contributed by atoms with Crippen molar-refractivity contribution >= 4 is 34.5 Å². The van der Waals surface area contributed by atoms with Crippen LogP contribution < -0.4 is 10.2 Å². The van der Waals surface area contributed by atoms with Gasteiger partial charge in [-0.3, -0.25) is 15.0 Å². The molecule has 0 spiro atoms. The third kappa shape index (κ3) is 2.03. The number of hydrogen-bond acceptors (Lipinski definition) is 3. The Morgan fingerprint density at radius 1 is 1.33 bits per heavy atom. The van der Waals surface area contributed by atoms with E-state index in [2.05, 4.69) is 5.32 Å². The Kier molecular flexibility index (Phi) is 2.90. The number of fused-ring (bicyclic) bond motifs is 1.